The molecule has 0 aromatic rings. The van der Waals surface area contributed by atoms with Gasteiger partial charge in [0.15, 0.2) is 5.17 Å². The van der Waals surface area contributed by atoms with Crippen LogP contribution in [0.1, 0.15) is 25.7 Å². The number of hydrogen-bond acceptors (Lipinski definition) is 4. The van der Waals surface area contributed by atoms with Crippen molar-refractivity contribution in [1.29, 1.82) is 0 Å². The van der Waals surface area contributed by atoms with Gasteiger partial charge < -0.3 is 10.2 Å². The number of amidine groups is 1. The highest BCUT2D eigenvalue weighted by atomic mass is 32.2. The fraction of sp³-hybridized carbons (Fsp3) is 0.909. The zero-order valence-corrected chi connectivity index (χ0v) is 10.2. The Labute approximate surface area is 96.7 Å². The molecule has 0 saturated carbocycles. The lowest BCUT2D eigenvalue weighted by Gasteiger charge is -2.14. The maximum Gasteiger partial charge on any atom is 0.156 e. The van der Waals surface area contributed by atoms with Gasteiger partial charge in [-0.2, -0.15) is 0 Å². The van der Waals surface area contributed by atoms with E-state index in [1.165, 1.54) is 56.2 Å². The average molecular weight is 227 g/mol. The number of rotatable bonds is 3. The van der Waals surface area contributed by atoms with Crippen molar-refractivity contribution < 1.29 is 0 Å². The van der Waals surface area contributed by atoms with Gasteiger partial charge in [-0.25, -0.2) is 0 Å². The Hall–Kier alpha value is -0.220. The van der Waals surface area contributed by atoms with Crippen LogP contribution < -0.4 is 5.32 Å². The summed E-state index contributed by atoms with van der Waals surface area (Å²) in [6, 6.07) is 0. The van der Waals surface area contributed by atoms with E-state index in [1.807, 2.05) is 11.8 Å². The molecule has 2 aliphatic heterocycles. The van der Waals surface area contributed by atoms with Gasteiger partial charge in [0.1, 0.15) is 0 Å². The summed E-state index contributed by atoms with van der Waals surface area (Å²) in [5, 5.41) is 4.57. The molecule has 0 aromatic heterocycles. The molecule has 0 bridgehead atoms. The third kappa shape index (κ3) is 4.03. The number of nitrogens with zero attached hydrogens (tertiary/aromatic N) is 2. The van der Waals surface area contributed by atoms with Crippen LogP contribution >= 0.6 is 11.8 Å². The van der Waals surface area contributed by atoms with Gasteiger partial charge in [0.2, 0.25) is 0 Å². The first kappa shape index (κ1) is 11.3. The standard InChI is InChI=1S/C11H21N3S/c1-2-6-13-11(12-5-1)15-10-9-14-7-3-4-8-14/h1-10H2,(H,12,13). The molecule has 2 aliphatic rings. The van der Waals surface area contributed by atoms with Gasteiger partial charge in [-0.15, -0.1) is 0 Å². The van der Waals surface area contributed by atoms with Crippen molar-refractivity contribution in [3.05, 3.63) is 0 Å². The van der Waals surface area contributed by atoms with Crippen LogP contribution in [0.4, 0.5) is 0 Å². The zero-order valence-electron chi connectivity index (χ0n) is 9.37. The van der Waals surface area contributed by atoms with Crippen LogP contribution in [0.2, 0.25) is 0 Å². The Morgan fingerprint density at radius 3 is 2.93 bits per heavy atom. The minimum Gasteiger partial charge on any atom is -0.365 e. The maximum atomic E-state index is 4.54. The number of aliphatic imine (C=N–C) groups is 1. The lowest BCUT2D eigenvalue weighted by Crippen LogP contribution is -2.25. The van der Waals surface area contributed by atoms with Crippen LogP contribution in [0.25, 0.3) is 0 Å². The summed E-state index contributed by atoms with van der Waals surface area (Å²) in [5.74, 6) is 1.19. The van der Waals surface area contributed by atoms with Gasteiger partial charge >= 0.3 is 0 Å². The largest absolute Gasteiger partial charge is 0.365 e. The molecule has 3 nitrogen and oxygen atoms in total. The van der Waals surface area contributed by atoms with Crippen LogP contribution in [-0.2, 0) is 0 Å². The molecule has 0 unspecified atom stereocenters. The van der Waals surface area contributed by atoms with Crippen molar-refractivity contribution in [2.75, 3.05) is 38.5 Å². The molecule has 4 heteroatoms. The summed E-state index contributed by atoms with van der Waals surface area (Å²) in [6.45, 7) is 5.96. The van der Waals surface area contributed by atoms with E-state index in [-0.39, 0.29) is 0 Å². The second kappa shape index (κ2) is 6.38. The van der Waals surface area contributed by atoms with Crippen molar-refractivity contribution in [2.24, 2.45) is 4.99 Å². The maximum absolute atomic E-state index is 4.54. The molecule has 1 fully saturated rings. The second-order valence-corrected chi connectivity index (χ2v) is 5.30. The first-order valence-electron chi connectivity index (χ1n) is 6.08. The molecule has 0 radical (unpaired) electrons. The summed E-state index contributed by atoms with van der Waals surface area (Å²) in [5.41, 5.74) is 0. The fourth-order valence-electron chi connectivity index (χ4n) is 2.04. The first-order valence-corrected chi connectivity index (χ1v) is 7.07. The molecule has 86 valence electrons. The number of thioether (sulfide) groups is 1. The summed E-state index contributed by atoms with van der Waals surface area (Å²) in [7, 11) is 0. The van der Waals surface area contributed by atoms with E-state index in [1.54, 1.807) is 0 Å². The van der Waals surface area contributed by atoms with Gasteiger partial charge in [0, 0.05) is 25.4 Å². The molecule has 1 saturated heterocycles. The van der Waals surface area contributed by atoms with Gasteiger partial charge in [-0.1, -0.05) is 11.8 Å². The molecule has 0 amide bonds. The van der Waals surface area contributed by atoms with E-state index in [0.29, 0.717) is 0 Å². The number of hydrogen-bond donors (Lipinski definition) is 1. The predicted octanol–water partition coefficient (Wildman–Crippen LogP) is 1.55. The summed E-state index contributed by atoms with van der Waals surface area (Å²) in [4.78, 5) is 7.10. The minimum atomic E-state index is 1.01. The predicted molar refractivity (Wildman–Crippen MR) is 67.7 cm³/mol. The van der Waals surface area contributed by atoms with Crippen LogP contribution in [0.5, 0.6) is 0 Å². The molecular formula is C11H21N3S. The van der Waals surface area contributed by atoms with Crippen molar-refractivity contribution in [3.63, 3.8) is 0 Å². The SMILES string of the molecule is C1CCNC(SCCN2CCCC2)=NC1. The Kier molecular flexibility index (Phi) is 4.79. The Morgan fingerprint density at radius 1 is 1.20 bits per heavy atom. The smallest absolute Gasteiger partial charge is 0.156 e. The highest BCUT2D eigenvalue weighted by Gasteiger charge is 2.11. The van der Waals surface area contributed by atoms with Crippen LogP contribution in [-0.4, -0.2) is 48.5 Å². The second-order valence-electron chi connectivity index (χ2n) is 4.22. The van der Waals surface area contributed by atoms with Gasteiger partial charge in [-0.3, -0.25) is 4.99 Å². The van der Waals surface area contributed by atoms with Crippen molar-refractivity contribution >= 4 is 16.9 Å². The Morgan fingerprint density at radius 2 is 2.07 bits per heavy atom. The molecule has 0 aromatic carbocycles. The van der Waals surface area contributed by atoms with E-state index in [4.69, 9.17) is 0 Å². The number of likely N-dealkylation sites (tertiary alicyclic amines) is 1. The van der Waals surface area contributed by atoms with Crippen LogP contribution in [0, 0.1) is 0 Å². The highest BCUT2D eigenvalue weighted by Crippen LogP contribution is 2.10. The van der Waals surface area contributed by atoms with E-state index in [2.05, 4.69) is 15.2 Å². The molecule has 1 N–H and O–H groups in total. The third-order valence-corrected chi connectivity index (χ3v) is 3.90. The van der Waals surface area contributed by atoms with E-state index in [9.17, 15) is 0 Å². The molecular weight excluding hydrogens is 206 g/mol. The van der Waals surface area contributed by atoms with E-state index < -0.39 is 0 Å². The van der Waals surface area contributed by atoms with E-state index in [0.717, 1.165) is 13.1 Å². The van der Waals surface area contributed by atoms with Crippen molar-refractivity contribution in [3.8, 4) is 0 Å². The summed E-state index contributed by atoms with van der Waals surface area (Å²) >= 11 is 1.89. The van der Waals surface area contributed by atoms with Gasteiger partial charge in [0.25, 0.3) is 0 Å². The van der Waals surface area contributed by atoms with Gasteiger partial charge in [0.05, 0.1) is 0 Å². The normalized spacial score (nSPS) is 23.3. The molecule has 2 heterocycles. The summed E-state index contributed by atoms with van der Waals surface area (Å²) < 4.78 is 0. The van der Waals surface area contributed by atoms with E-state index >= 15 is 0 Å². The molecule has 0 spiro atoms. The fourth-order valence-corrected chi connectivity index (χ4v) is 2.97. The van der Waals surface area contributed by atoms with Crippen LogP contribution in [0.15, 0.2) is 4.99 Å². The number of nitrogens with one attached hydrogen (secondary N) is 1. The van der Waals surface area contributed by atoms with Crippen molar-refractivity contribution in [1.82, 2.24) is 10.2 Å². The monoisotopic (exact) mass is 227 g/mol. The minimum absolute atomic E-state index is 1.01. The molecule has 15 heavy (non-hydrogen) atoms. The van der Waals surface area contributed by atoms with Gasteiger partial charge in [-0.05, 0) is 38.8 Å². The first-order chi connectivity index (χ1) is 7.45. The zero-order chi connectivity index (χ0) is 10.3. The Balaban J connectivity index is 1.61. The highest BCUT2D eigenvalue weighted by molar-refractivity contribution is 8.13. The summed E-state index contributed by atoms with van der Waals surface area (Å²) in [6.07, 6.45) is 5.29. The topological polar surface area (TPSA) is 27.6 Å². The quantitative estimate of drug-likeness (QED) is 0.793. The molecule has 2 rings (SSSR count). The third-order valence-electron chi connectivity index (χ3n) is 2.96. The average Bonchev–Trinajstić information content (AvgIpc) is 2.62. The molecule has 0 atom stereocenters. The van der Waals surface area contributed by atoms with Crippen LogP contribution in [0.3, 0.4) is 0 Å². The molecule has 0 aliphatic carbocycles. The van der Waals surface area contributed by atoms with Crippen molar-refractivity contribution in [2.45, 2.75) is 25.7 Å². The lowest BCUT2D eigenvalue weighted by atomic mass is 10.3. The lowest BCUT2D eigenvalue weighted by molar-refractivity contribution is 0.362. The Bertz CT molecular complexity index is 212.